The van der Waals surface area contributed by atoms with Crippen molar-refractivity contribution < 1.29 is 4.79 Å². The van der Waals surface area contributed by atoms with Gasteiger partial charge in [-0.1, -0.05) is 35.7 Å². The maximum absolute atomic E-state index is 12.1. The van der Waals surface area contributed by atoms with E-state index in [2.05, 4.69) is 17.3 Å². The lowest BCUT2D eigenvalue weighted by atomic mass is 10.00. The van der Waals surface area contributed by atoms with Crippen LogP contribution in [-0.2, 0) is 4.79 Å². The first-order valence-corrected chi connectivity index (χ1v) is 7.27. The maximum Gasteiger partial charge on any atom is 0.225 e. The van der Waals surface area contributed by atoms with Crippen molar-refractivity contribution in [2.24, 2.45) is 0 Å². The molecule has 1 atom stereocenters. The molecule has 1 aromatic rings. The van der Waals surface area contributed by atoms with E-state index in [1.165, 1.54) is 12.8 Å². The molecule has 0 saturated carbocycles. The minimum Gasteiger partial charge on any atom is -0.325 e. The van der Waals surface area contributed by atoms with Crippen molar-refractivity contribution in [1.29, 1.82) is 0 Å². The topological polar surface area (TPSA) is 32.3 Å². The van der Waals surface area contributed by atoms with Crippen LogP contribution in [0.4, 0.5) is 5.69 Å². The summed E-state index contributed by atoms with van der Waals surface area (Å²) in [6, 6.07) is 5.56. The van der Waals surface area contributed by atoms with E-state index in [0.29, 0.717) is 28.2 Å². The van der Waals surface area contributed by atoms with E-state index in [-0.39, 0.29) is 5.91 Å². The molecule has 0 radical (unpaired) electrons. The van der Waals surface area contributed by atoms with Crippen LogP contribution in [-0.4, -0.2) is 30.4 Å². The summed E-state index contributed by atoms with van der Waals surface area (Å²) in [6.07, 6.45) is 3.99. The standard InChI is InChI=1S/C14H18Cl2N2O/c1-18-8-3-2-5-10(18)9-13(19)17-12-7-4-6-11(15)14(12)16/h4,6-7,10H,2-3,5,8-9H2,1H3,(H,17,19). The van der Waals surface area contributed by atoms with E-state index in [9.17, 15) is 4.79 Å². The Balaban J connectivity index is 1.95. The van der Waals surface area contributed by atoms with E-state index in [1.807, 2.05) is 0 Å². The van der Waals surface area contributed by atoms with E-state index < -0.39 is 0 Å². The lowest BCUT2D eigenvalue weighted by molar-refractivity contribution is -0.117. The number of anilines is 1. The third-order valence-corrected chi connectivity index (χ3v) is 4.39. The molecule has 1 aliphatic rings. The summed E-state index contributed by atoms with van der Waals surface area (Å²) in [5, 5.41) is 3.69. The van der Waals surface area contributed by atoms with Gasteiger partial charge in [-0.2, -0.15) is 0 Å². The summed E-state index contributed by atoms with van der Waals surface area (Å²) in [5.74, 6) is -0.0112. The summed E-state index contributed by atoms with van der Waals surface area (Å²) >= 11 is 12.0. The van der Waals surface area contributed by atoms with Gasteiger partial charge in [-0.25, -0.2) is 0 Å². The predicted octanol–water partition coefficient (Wildman–Crippen LogP) is 3.81. The maximum atomic E-state index is 12.1. The molecular weight excluding hydrogens is 283 g/mol. The molecule has 1 heterocycles. The lowest BCUT2D eigenvalue weighted by Crippen LogP contribution is -2.38. The van der Waals surface area contributed by atoms with Crippen molar-refractivity contribution in [3.8, 4) is 0 Å². The van der Waals surface area contributed by atoms with Crippen LogP contribution < -0.4 is 5.32 Å². The number of halogens is 2. The zero-order chi connectivity index (χ0) is 13.8. The number of nitrogens with zero attached hydrogens (tertiary/aromatic N) is 1. The smallest absolute Gasteiger partial charge is 0.225 e. The number of hydrogen-bond acceptors (Lipinski definition) is 2. The number of hydrogen-bond donors (Lipinski definition) is 1. The number of nitrogens with one attached hydrogen (secondary N) is 1. The van der Waals surface area contributed by atoms with Crippen LogP contribution in [0.5, 0.6) is 0 Å². The highest BCUT2D eigenvalue weighted by Gasteiger charge is 2.22. The molecule has 1 aromatic carbocycles. The summed E-state index contributed by atoms with van der Waals surface area (Å²) < 4.78 is 0. The molecule has 1 amide bonds. The number of likely N-dealkylation sites (tertiary alicyclic amines) is 1. The van der Waals surface area contributed by atoms with Gasteiger partial charge in [-0.15, -0.1) is 0 Å². The Morgan fingerprint density at radius 3 is 2.95 bits per heavy atom. The second-order valence-electron chi connectivity index (χ2n) is 4.98. The summed E-state index contributed by atoms with van der Waals surface area (Å²) in [5.41, 5.74) is 0.581. The Bertz CT molecular complexity index is 465. The first-order valence-electron chi connectivity index (χ1n) is 6.52. The first-order chi connectivity index (χ1) is 9.08. The molecule has 1 saturated heterocycles. The Kier molecular flexibility index (Phi) is 5.08. The molecule has 0 aliphatic carbocycles. The van der Waals surface area contributed by atoms with Crippen molar-refractivity contribution in [2.75, 3.05) is 18.9 Å². The highest BCUT2D eigenvalue weighted by Crippen LogP contribution is 2.29. The molecular formula is C14H18Cl2N2O. The Hall–Kier alpha value is -0.770. The number of benzene rings is 1. The molecule has 2 rings (SSSR count). The van der Waals surface area contributed by atoms with E-state index in [4.69, 9.17) is 23.2 Å². The van der Waals surface area contributed by atoms with Gasteiger partial charge < -0.3 is 10.2 Å². The second kappa shape index (κ2) is 6.60. The molecule has 0 aromatic heterocycles. The van der Waals surface area contributed by atoms with Crippen molar-refractivity contribution in [3.63, 3.8) is 0 Å². The third kappa shape index (κ3) is 3.85. The van der Waals surface area contributed by atoms with Crippen LogP contribution in [0, 0.1) is 0 Å². The van der Waals surface area contributed by atoms with Gasteiger partial charge in [0.2, 0.25) is 5.91 Å². The molecule has 1 aliphatic heterocycles. The fourth-order valence-corrected chi connectivity index (χ4v) is 2.77. The molecule has 1 unspecified atom stereocenters. The van der Waals surface area contributed by atoms with Gasteiger partial charge >= 0.3 is 0 Å². The number of amides is 1. The van der Waals surface area contributed by atoms with Gasteiger partial charge in [-0.05, 0) is 38.6 Å². The van der Waals surface area contributed by atoms with E-state index in [1.54, 1.807) is 18.2 Å². The van der Waals surface area contributed by atoms with Crippen LogP contribution in [0.1, 0.15) is 25.7 Å². The van der Waals surface area contributed by atoms with Gasteiger partial charge in [0.15, 0.2) is 0 Å². The van der Waals surface area contributed by atoms with Gasteiger partial charge in [-0.3, -0.25) is 4.79 Å². The van der Waals surface area contributed by atoms with Gasteiger partial charge in [0, 0.05) is 12.5 Å². The summed E-state index contributed by atoms with van der Waals surface area (Å²) in [6.45, 7) is 1.07. The Labute approximate surface area is 123 Å². The van der Waals surface area contributed by atoms with Crippen LogP contribution in [0.15, 0.2) is 18.2 Å². The molecule has 1 N–H and O–H groups in total. The van der Waals surface area contributed by atoms with Gasteiger partial charge in [0.1, 0.15) is 0 Å². The van der Waals surface area contributed by atoms with Crippen LogP contribution in [0.3, 0.4) is 0 Å². The summed E-state index contributed by atoms with van der Waals surface area (Å²) in [4.78, 5) is 14.3. The summed E-state index contributed by atoms with van der Waals surface area (Å²) in [7, 11) is 2.07. The van der Waals surface area contributed by atoms with E-state index >= 15 is 0 Å². The Morgan fingerprint density at radius 2 is 2.21 bits per heavy atom. The van der Waals surface area contributed by atoms with Gasteiger partial charge in [0.25, 0.3) is 0 Å². The average Bonchev–Trinajstić information content (AvgIpc) is 2.38. The normalized spacial score (nSPS) is 20.3. The van der Waals surface area contributed by atoms with Crippen LogP contribution >= 0.6 is 23.2 Å². The molecule has 3 nitrogen and oxygen atoms in total. The average molecular weight is 301 g/mol. The highest BCUT2D eigenvalue weighted by atomic mass is 35.5. The molecule has 5 heteroatoms. The van der Waals surface area contributed by atoms with Gasteiger partial charge in [0.05, 0.1) is 15.7 Å². The van der Waals surface area contributed by atoms with E-state index in [0.717, 1.165) is 13.0 Å². The fourth-order valence-electron chi connectivity index (χ4n) is 2.42. The monoisotopic (exact) mass is 300 g/mol. The number of carbonyl (C=O) groups excluding carboxylic acids is 1. The Morgan fingerprint density at radius 1 is 1.42 bits per heavy atom. The SMILES string of the molecule is CN1CCCCC1CC(=O)Nc1cccc(Cl)c1Cl. The van der Waals surface area contributed by atoms with Crippen LogP contribution in [0.2, 0.25) is 10.0 Å². The predicted molar refractivity (Wildman–Crippen MR) is 80.0 cm³/mol. The minimum absolute atomic E-state index is 0.0112. The molecule has 0 bridgehead atoms. The number of rotatable bonds is 3. The molecule has 0 spiro atoms. The van der Waals surface area contributed by atoms with Crippen molar-refractivity contribution in [3.05, 3.63) is 28.2 Å². The lowest BCUT2D eigenvalue weighted by Gasteiger charge is -2.31. The first kappa shape index (κ1) is 14.6. The van der Waals surface area contributed by atoms with Crippen LogP contribution in [0.25, 0.3) is 0 Å². The quantitative estimate of drug-likeness (QED) is 0.921. The zero-order valence-corrected chi connectivity index (χ0v) is 12.5. The second-order valence-corrected chi connectivity index (χ2v) is 5.77. The zero-order valence-electron chi connectivity index (χ0n) is 11.0. The van der Waals surface area contributed by atoms with Crippen molar-refractivity contribution in [2.45, 2.75) is 31.7 Å². The van der Waals surface area contributed by atoms with Crippen molar-refractivity contribution >= 4 is 34.8 Å². The largest absolute Gasteiger partial charge is 0.325 e. The van der Waals surface area contributed by atoms with Crippen molar-refractivity contribution in [1.82, 2.24) is 4.90 Å². The molecule has 19 heavy (non-hydrogen) atoms. The fraction of sp³-hybridized carbons (Fsp3) is 0.500. The third-order valence-electron chi connectivity index (χ3n) is 3.57. The number of piperidine rings is 1. The molecule has 104 valence electrons. The minimum atomic E-state index is -0.0112. The molecule has 1 fully saturated rings. The highest BCUT2D eigenvalue weighted by molar-refractivity contribution is 6.43. The number of carbonyl (C=O) groups is 1.